The number of anilines is 1. The van der Waals surface area contributed by atoms with Gasteiger partial charge in [-0.15, -0.1) is 0 Å². The number of carbonyl (C=O) groups is 2. The smallest absolute Gasteiger partial charge is 0.310 e. The van der Waals surface area contributed by atoms with Crippen molar-refractivity contribution in [2.24, 2.45) is 5.92 Å². The predicted octanol–water partition coefficient (Wildman–Crippen LogP) is 1.96. The van der Waals surface area contributed by atoms with Gasteiger partial charge in [-0.1, -0.05) is 22.9 Å². The van der Waals surface area contributed by atoms with E-state index in [4.69, 9.17) is 10.5 Å². The van der Waals surface area contributed by atoms with Crippen molar-refractivity contribution < 1.29 is 14.3 Å². The molecule has 1 rings (SSSR count). The van der Waals surface area contributed by atoms with Crippen LogP contribution in [0.3, 0.4) is 0 Å². The van der Waals surface area contributed by atoms with Crippen LogP contribution in [0.5, 0.6) is 0 Å². The average Bonchev–Trinajstić information content (AvgIpc) is 2.38. The van der Waals surface area contributed by atoms with Crippen LogP contribution in [-0.4, -0.2) is 25.0 Å². The van der Waals surface area contributed by atoms with Crippen LogP contribution in [0.15, 0.2) is 22.7 Å². The SMILES string of the molecule is CCOC(=O)C(C)CNC(=O)c1cc(Br)ccc1N. The molecular formula is C13H17BrN2O3. The molecule has 0 spiro atoms. The summed E-state index contributed by atoms with van der Waals surface area (Å²) in [5.41, 5.74) is 6.50. The second kappa shape index (κ2) is 7.13. The molecule has 0 bridgehead atoms. The van der Waals surface area contributed by atoms with Gasteiger partial charge in [0, 0.05) is 16.7 Å². The molecular weight excluding hydrogens is 312 g/mol. The molecule has 0 aromatic heterocycles. The number of hydrogen-bond donors (Lipinski definition) is 2. The van der Waals surface area contributed by atoms with Crippen molar-refractivity contribution in [2.45, 2.75) is 13.8 Å². The summed E-state index contributed by atoms with van der Waals surface area (Å²) in [6.45, 7) is 3.98. The Bertz CT molecular complexity index is 477. The van der Waals surface area contributed by atoms with Crippen molar-refractivity contribution >= 4 is 33.5 Å². The van der Waals surface area contributed by atoms with E-state index in [9.17, 15) is 9.59 Å². The standard InChI is InChI=1S/C13H17BrN2O3/c1-3-19-13(18)8(2)7-16-12(17)10-6-9(14)4-5-11(10)15/h4-6,8H,3,7,15H2,1-2H3,(H,16,17). The Morgan fingerprint density at radius 1 is 1.47 bits per heavy atom. The molecule has 0 aliphatic rings. The minimum atomic E-state index is -0.391. The van der Waals surface area contributed by atoms with E-state index < -0.39 is 5.92 Å². The van der Waals surface area contributed by atoms with Gasteiger partial charge in [0.2, 0.25) is 0 Å². The van der Waals surface area contributed by atoms with E-state index in [1.165, 1.54) is 0 Å². The zero-order chi connectivity index (χ0) is 14.4. The summed E-state index contributed by atoms with van der Waals surface area (Å²) in [6.07, 6.45) is 0. The Morgan fingerprint density at radius 3 is 2.79 bits per heavy atom. The lowest BCUT2D eigenvalue weighted by Gasteiger charge is -2.12. The monoisotopic (exact) mass is 328 g/mol. The van der Waals surface area contributed by atoms with Crippen molar-refractivity contribution in [3.63, 3.8) is 0 Å². The maximum absolute atomic E-state index is 11.9. The van der Waals surface area contributed by atoms with Crippen LogP contribution in [0.4, 0.5) is 5.69 Å². The third-order valence-electron chi connectivity index (χ3n) is 2.52. The van der Waals surface area contributed by atoms with Crippen LogP contribution >= 0.6 is 15.9 Å². The van der Waals surface area contributed by atoms with Gasteiger partial charge in [0.25, 0.3) is 5.91 Å². The molecule has 0 radical (unpaired) electrons. The molecule has 0 saturated heterocycles. The number of halogens is 1. The number of nitrogens with two attached hydrogens (primary N) is 1. The maximum atomic E-state index is 11.9. The van der Waals surface area contributed by atoms with Gasteiger partial charge in [-0.05, 0) is 25.1 Å². The summed E-state index contributed by atoms with van der Waals surface area (Å²) < 4.78 is 5.63. The number of benzene rings is 1. The maximum Gasteiger partial charge on any atom is 0.310 e. The highest BCUT2D eigenvalue weighted by atomic mass is 79.9. The van der Waals surface area contributed by atoms with Crippen LogP contribution in [0, 0.1) is 5.92 Å². The van der Waals surface area contributed by atoms with Gasteiger partial charge < -0.3 is 15.8 Å². The Kier molecular flexibility index (Phi) is 5.82. The largest absolute Gasteiger partial charge is 0.466 e. The van der Waals surface area contributed by atoms with Crippen molar-refractivity contribution in [3.05, 3.63) is 28.2 Å². The lowest BCUT2D eigenvalue weighted by Crippen LogP contribution is -2.32. The molecule has 0 aliphatic heterocycles. The number of nitrogens with one attached hydrogen (secondary N) is 1. The summed E-state index contributed by atoms with van der Waals surface area (Å²) in [6, 6.07) is 5.04. The highest BCUT2D eigenvalue weighted by Crippen LogP contribution is 2.18. The molecule has 1 aromatic carbocycles. The first kappa shape index (κ1) is 15.5. The average molecular weight is 329 g/mol. The minimum Gasteiger partial charge on any atom is -0.466 e. The van der Waals surface area contributed by atoms with Gasteiger partial charge in [0.15, 0.2) is 0 Å². The quantitative estimate of drug-likeness (QED) is 0.639. The van der Waals surface area contributed by atoms with Crippen LogP contribution in [0.25, 0.3) is 0 Å². The molecule has 19 heavy (non-hydrogen) atoms. The number of hydrogen-bond acceptors (Lipinski definition) is 4. The number of nitrogen functional groups attached to an aromatic ring is 1. The van der Waals surface area contributed by atoms with E-state index in [1.807, 2.05) is 0 Å². The highest BCUT2D eigenvalue weighted by molar-refractivity contribution is 9.10. The van der Waals surface area contributed by atoms with Crippen molar-refractivity contribution in [2.75, 3.05) is 18.9 Å². The van der Waals surface area contributed by atoms with E-state index in [1.54, 1.807) is 32.0 Å². The first-order valence-corrected chi connectivity index (χ1v) is 6.74. The van der Waals surface area contributed by atoms with Gasteiger partial charge in [-0.2, -0.15) is 0 Å². The minimum absolute atomic E-state index is 0.212. The van der Waals surface area contributed by atoms with Crippen molar-refractivity contribution in [1.29, 1.82) is 0 Å². The van der Waals surface area contributed by atoms with E-state index in [0.29, 0.717) is 17.9 Å². The van der Waals surface area contributed by atoms with Gasteiger partial charge in [-0.3, -0.25) is 9.59 Å². The number of esters is 1. The van der Waals surface area contributed by atoms with Gasteiger partial charge in [0.1, 0.15) is 0 Å². The zero-order valence-corrected chi connectivity index (χ0v) is 12.5. The Balaban J connectivity index is 2.60. The molecule has 3 N–H and O–H groups in total. The molecule has 104 valence electrons. The third-order valence-corrected chi connectivity index (χ3v) is 3.01. The summed E-state index contributed by atoms with van der Waals surface area (Å²) in [5.74, 6) is -1.03. The molecule has 1 unspecified atom stereocenters. The normalized spacial score (nSPS) is 11.7. The topological polar surface area (TPSA) is 81.4 Å². The summed E-state index contributed by atoms with van der Waals surface area (Å²) in [5, 5.41) is 2.67. The third kappa shape index (κ3) is 4.55. The number of rotatable bonds is 5. The van der Waals surface area contributed by atoms with Gasteiger partial charge in [-0.25, -0.2) is 0 Å². The van der Waals surface area contributed by atoms with E-state index in [0.717, 1.165) is 4.47 Å². The molecule has 0 fully saturated rings. The number of carbonyl (C=O) groups excluding carboxylic acids is 2. The lowest BCUT2D eigenvalue weighted by atomic mass is 10.1. The highest BCUT2D eigenvalue weighted by Gasteiger charge is 2.16. The molecule has 1 amide bonds. The van der Waals surface area contributed by atoms with Crippen LogP contribution in [0.2, 0.25) is 0 Å². The summed E-state index contributed by atoms with van der Waals surface area (Å²) in [7, 11) is 0. The molecule has 0 saturated carbocycles. The fourth-order valence-electron chi connectivity index (χ4n) is 1.43. The Morgan fingerprint density at radius 2 is 2.16 bits per heavy atom. The molecule has 0 heterocycles. The van der Waals surface area contributed by atoms with E-state index in [2.05, 4.69) is 21.2 Å². The Labute approximate surface area is 120 Å². The van der Waals surface area contributed by atoms with Crippen molar-refractivity contribution in [3.8, 4) is 0 Å². The lowest BCUT2D eigenvalue weighted by molar-refractivity contribution is -0.147. The van der Waals surface area contributed by atoms with Gasteiger partial charge >= 0.3 is 5.97 Å². The Hall–Kier alpha value is -1.56. The second-order valence-corrected chi connectivity index (χ2v) is 5.01. The molecule has 6 heteroatoms. The molecule has 1 aromatic rings. The van der Waals surface area contributed by atoms with Crippen LogP contribution in [0.1, 0.15) is 24.2 Å². The fourth-order valence-corrected chi connectivity index (χ4v) is 1.80. The second-order valence-electron chi connectivity index (χ2n) is 4.09. The first-order chi connectivity index (χ1) is 8.95. The summed E-state index contributed by atoms with van der Waals surface area (Å²) in [4.78, 5) is 23.3. The predicted molar refractivity (Wildman–Crippen MR) is 76.7 cm³/mol. The summed E-state index contributed by atoms with van der Waals surface area (Å²) >= 11 is 3.28. The fraction of sp³-hybridized carbons (Fsp3) is 0.385. The molecule has 1 atom stereocenters. The number of ether oxygens (including phenoxy) is 1. The van der Waals surface area contributed by atoms with Gasteiger partial charge in [0.05, 0.1) is 18.1 Å². The van der Waals surface area contributed by atoms with E-state index >= 15 is 0 Å². The number of amides is 1. The zero-order valence-electron chi connectivity index (χ0n) is 10.9. The van der Waals surface area contributed by atoms with Crippen molar-refractivity contribution in [1.82, 2.24) is 5.32 Å². The first-order valence-electron chi connectivity index (χ1n) is 5.95. The molecule has 0 aliphatic carbocycles. The van der Waals surface area contributed by atoms with E-state index in [-0.39, 0.29) is 18.4 Å². The van der Waals surface area contributed by atoms with Crippen LogP contribution < -0.4 is 11.1 Å². The molecule has 5 nitrogen and oxygen atoms in total. The van der Waals surface area contributed by atoms with Crippen LogP contribution in [-0.2, 0) is 9.53 Å².